The molecule has 0 radical (unpaired) electrons. The van der Waals surface area contributed by atoms with Gasteiger partial charge in [-0.3, -0.25) is 4.90 Å². The van der Waals surface area contributed by atoms with E-state index in [0.717, 1.165) is 30.9 Å². The van der Waals surface area contributed by atoms with Crippen LogP contribution in [0.1, 0.15) is 44.7 Å². The van der Waals surface area contributed by atoms with Gasteiger partial charge in [-0.2, -0.15) is 0 Å². The molecule has 1 saturated heterocycles. The highest BCUT2D eigenvalue weighted by molar-refractivity contribution is 6.30. The van der Waals surface area contributed by atoms with Gasteiger partial charge in [0.2, 0.25) is 0 Å². The zero-order chi connectivity index (χ0) is 15.5. The number of hydrogen-bond acceptors (Lipinski definition) is 3. The fourth-order valence-electron chi connectivity index (χ4n) is 3.31. The summed E-state index contributed by atoms with van der Waals surface area (Å²) in [6, 6.07) is 8.38. The van der Waals surface area contributed by atoms with Crippen LogP contribution in [0.4, 0.5) is 0 Å². The highest BCUT2D eigenvalue weighted by Gasteiger charge is 2.40. The molecule has 4 heteroatoms. The SMILES string of the molecule is CCC1CC(CN)(N(C)C(C)c2cccc(Cl)c2)CCO1. The Labute approximate surface area is 133 Å². The molecule has 3 nitrogen and oxygen atoms in total. The van der Waals surface area contributed by atoms with Gasteiger partial charge in [0.25, 0.3) is 0 Å². The molecule has 1 aliphatic heterocycles. The van der Waals surface area contributed by atoms with Crippen molar-refractivity contribution >= 4 is 11.6 Å². The monoisotopic (exact) mass is 310 g/mol. The summed E-state index contributed by atoms with van der Waals surface area (Å²) in [5, 5.41) is 0.785. The van der Waals surface area contributed by atoms with Gasteiger partial charge in [0, 0.05) is 29.8 Å². The molecule has 1 aliphatic rings. The van der Waals surface area contributed by atoms with E-state index in [0.29, 0.717) is 12.6 Å². The predicted octanol–water partition coefficient (Wildman–Crippen LogP) is 3.62. The quantitative estimate of drug-likeness (QED) is 0.902. The second-order valence-electron chi connectivity index (χ2n) is 6.13. The molecule has 2 rings (SSSR count). The largest absolute Gasteiger partial charge is 0.378 e. The van der Waals surface area contributed by atoms with Gasteiger partial charge in [-0.25, -0.2) is 0 Å². The van der Waals surface area contributed by atoms with E-state index >= 15 is 0 Å². The minimum absolute atomic E-state index is 0.0145. The van der Waals surface area contributed by atoms with Crippen LogP contribution in [0.25, 0.3) is 0 Å². The number of hydrogen-bond donors (Lipinski definition) is 1. The average molecular weight is 311 g/mol. The Kier molecular flexibility index (Phi) is 5.67. The van der Waals surface area contributed by atoms with E-state index in [4.69, 9.17) is 22.1 Å². The van der Waals surface area contributed by atoms with Crippen LogP contribution in [0.15, 0.2) is 24.3 Å². The van der Waals surface area contributed by atoms with Gasteiger partial charge in [-0.15, -0.1) is 0 Å². The van der Waals surface area contributed by atoms with E-state index in [2.05, 4.69) is 31.9 Å². The summed E-state index contributed by atoms with van der Waals surface area (Å²) in [4.78, 5) is 2.42. The van der Waals surface area contributed by atoms with Gasteiger partial charge in [0.15, 0.2) is 0 Å². The molecular formula is C17H27ClN2O. The molecule has 0 saturated carbocycles. The molecule has 0 aromatic heterocycles. The second kappa shape index (κ2) is 7.10. The van der Waals surface area contributed by atoms with Gasteiger partial charge < -0.3 is 10.5 Å². The maximum atomic E-state index is 6.18. The van der Waals surface area contributed by atoms with Crippen LogP contribution in [0, 0.1) is 0 Å². The molecule has 0 bridgehead atoms. The lowest BCUT2D eigenvalue weighted by Crippen LogP contribution is -2.57. The minimum Gasteiger partial charge on any atom is -0.378 e. The van der Waals surface area contributed by atoms with Crippen LogP contribution in [-0.4, -0.2) is 36.7 Å². The lowest BCUT2D eigenvalue weighted by Gasteiger charge is -2.49. The Hall–Kier alpha value is -0.610. The van der Waals surface area contributed by atoms with Crippen LogP contribution in [-0.2, 0) is 4.74 Å². The van der Waals surface area contributed by atoms with E-state index in [9.17, 15) is 0 Å². The normalized spacial score (nSPS) is 27.8. The number of nitrogens with zero attached hydrogens (tertiary/aromatic N) is 1. The first-order valence-electron chi connectivity index (χ1n) is 7.82. The molecule has 1 heterocycles. The molecule has 3 atom stereocenters. The van der Waals surface area contributed by atoms with E-state index in [-0.39, 0.29) is 11.6 Å². The van der Waals surface area contributed by atoms with Crippen molar-refractivity contribution in [2.45, 2.75) is 50.8 Å². The van der Waals surface area contributed by atoms with Crippen molar-refractivity contribution < 1.29 is 4.74 Å². The Morgan fingerprint density at radius 3 is 2.90 bits per heavy atom. The molecule has 1 fully saturated rings. The molecule has 1 aromatic carbocycles. The number of nitrogens with two attached hydrogens (primary N) is 1. The maximum absolute atomic E-state index is 6.18. The van der Waals surface area contributed by atoms with Crippen LogP contribution < -0.4 is 5.73 Å². The van der Waals surface area contributed by atoms with Crippen molar-refractivity contribution in [3.8, 4) is 0 Å². The fourth-order valence-corrected chi connectivity index (χ4v) is 3.51. The second-order valence-corrected chi connectivity index (χ2v) is 6.56. The highest BCUT2D eigenvalue weighted by Crippen LogP contribution is 2.36. The topological polar surface area (TPSA) is 38.5 Å². The van der Waals surface area contributed by atoms with Crippen molar-refractivity contribution in [2.24, 2.45) is 5.73 Å². The van der Waals surface area contributed by atoms with Crippen LogP contribution >= 0.6 is 11.6 Å². The predicted molar refractivity (Wildman–Crippen MR) is 88.7 cm³/mol. The third-order valence-corrected chi connectivity index (χ3v) is 5.26. The molecule has 3 unspecified atom stereocenters. The van der Waals surface area contributed by atoms with Crippen LogP contribution in [0.2, 0.25) is 5.02 Å². The molecule has 118 valence electrons. The number of benzene rings is 1. The first kappa shape index (κ1) is 16.8. The third-order valence-electron chi connectivity index (χ3n) is 5.02. The fraction of sp³-hybridized carbons (Fsp3) is 0.647. The van der Waals surface area contributed by atoms with Gasteiger partial charge in [-0.05, 0) is 50.9 Å². The molecule has 0 amide bonds. The number of likely N-dealkylation sites (N-methyl/N-ethyl adjacent to an activating group) is 1. The highest BCUT2D eigenvalue weighted by atomic mass is 35.5. The van der Waals surface area contributed by atoms with Gasteiger partial charge in [-0.1, -0.05) is 30.7 Å². The summed E-state index contributed by atoms with van der Waals surface area (Å²) in [5.74, 6) is 0. The Morgan fingerprint density at radius 2 is 2.29 bits per heavy atom. The van der Waals surface area contributed by atoms with Crippen LogP contribution in [0.3, 0.4) is 0 Å². The first-order chi connectivity index (χ1) is 10.0. The Balaban J connectivity index is 2.20. The average Bonchev–Trinajstić information content (AvgIpc) is 2.53. The number of rotatable bonds is 5. The summed E-state index contributed by atoms with van der Waals surface area (Å²) in [6.07, 6.45) is 3.35. The molecule has 0 spiro atoms. The summed E-state index contributed by atoms with van der Waals surface area (Å²) in [6.45, 7) is 5.85. The van der Waals surface area contributed by atoms with Crippen molar-refractivity contribution in [3.63, 3.8) is 0 Å². The first-order valence-corrected chi connectivity index (χ1v) is 8.20. The zero-order valence-corrected chi connectivity index (χ0v) is 14.1. The van der Waals surface area contributed by atoms with Crippen molar-refractivity contribution in [3.05, 3.63) is 34.9 Å². The van der Waals surface area contributed by atoms with E-state index < -0.39 is 0 Å². The summed E-state index contributed by atoms with van der Waals surface area (Å²) in [5.41, 5.74) is 7.43. The number of ether oxygens (including phenoxy) is 1. The lowest BCUT2D eigenvalue weighted by molar-refractivity contribution is -0.0747. The van der Waals surface area contributed by atoms with E-state index in [1.807, 2.05) is 18.2 Å². The summed E-state index contributed by atoms with van der Waals surface area (Å²) < 4.78 is 5.84. The van der Waals surface area contributed by atoms with Gasteiger partial charge >= 0.3 is 0 Å². The van der Waals surface area contributed by atoms with E-state index in [1.54, 1.807) is 0 Å². The third kappa shape index (κ3) is 3.59. The Morgan fingerprint density at radius 1 is 1.52 bits per heavy atom. The molecule has 2 N–H and O–H groups in total. The molecular weight excluding hydrogens is 284 g/mol. The minimum atomic E-state index is 0.0145. The van der Waals surface area contributed by atoms with Crippen molar-refractivity contribution in [1.29, 1.82) is 0 Å². The molecule has 0 aliphatic carbocycles. The lowest BCUT2D eigenvalue weighted by atomic mass is 9.83. The Bertz CT molecular complexity index is 468. The van der Waals surface area contributed by atoms with Crippen molar-refractivity contribution in [2.75, 3.05) is 20.2 Å². The summed E-state index contributed by atoms with van der Waals surface area (Å²) >= 11 is 6.13. The van der Waals surface area contributed by atoms with Gasteiger partial charge in [0.05, 0.1) is 6.10 Å². The maximum Gasteiger partial charge on any atom is 0.0590 e. The standard InChI is InChI=1S/C17H27ClN2O/c1-4-16-11-17(12-19,8-9-21-16)20(3)13(2)14-6-5-7-15(18)10-14/h5-7,10,13,16H,4,8-9,11-12,19H2,1-3H3. The summed E-state index contributed by atoms with van der Waals surface area (Å²) in [7, 11) is 2.18. The van der Waals surface area contributed by atoms with Gasteiger partial charge in [0.1, 0.15) is 0 Å². The molecule has 21 heavy (non-hydrogen) atoms. The zero-order valence-electron chi connectivity index (χ0n) is 13.3. The van der Waals surface area contributed by atoms with E-state index in [1.165, 1.54) is 5.56 Å². The smallest absolute Gasteiger partial charge is 0.0590 e. The van der Waals surface area contributed by atoms with Crippen molar-refractivity contribution in [1.82, 2.24) is 4.90 Å². The van der Waals surface area contributed by atoms with Crippen LogP contribution in [0.5, 0.6) is 0 Å². The molecule has 1 aromatic rings. The number of halogens is 1.